The van der Waals surface area contributed by atoms with Crippen molar-refractivity contribution in [1.82, 2.24) is 9.55 Å². The Hall–Kier alpha value is -2.17. The molecule has 0 atom stereocenters. The fourth-order valence-corrected chi connectivity index (χ4v) is 1.89. The zero-order valence-corrected chi connectivity index (χ0v) is 11.4. The lowest BCUT2D eigenvalue weighted by Gasteiger charge is -2.07. The Morgan fingerprint density at radius 2 is 2.10 bits per heavy atom. The van der Waals surface area contributed by atoms with Crippen molar-refractivity contribution in [3.8, 4) is 5.75 Å². The highest BCUT2D eigenvalue weighted by atomic mass is 19.1. The van der Waals surface area contributed by atoms with Crippen molar-refractivity contribution in [3.05, 3.63) is 48.3 Å². The van der Waals surface area contributed by atoms with E-state index in [1.54, 1.807) is 29.1 Å². The summed E-state index contributed by atoms with van der Waals surface area (Å²) in [6, 6.07) is 5.84. The maximum Gasteiger partial charge on any atom is 0.232 e. The van der Waals surface area contributed by atoms with Crippen LogP contribution in [0.25, 0.3) is 0 Å². The Balaban J connectivity index is 1.76. The standard InChI is InChI=1S/C15H17FN2O2/c1-2-14-17-9-10-18(14)15(19)4-3-11-20-13-7-5-12(16)6-8-13/h5-10H,2-4,11H2,1H3. The lowest BCUT2D eigenvalue weighted by atomic mass is 10.3. The lowest BCUT2D eigenvalue weighted by Crippen LogP contribution is -2.14. The van der Waals surface area contributed by atoms with Gasteiger partial charge in [0.1, 0.15) is 17.4 Å². The molecule has 1 aromatic heterocycles. The first-order chi connectivity index (χ1) is 9.70. The van der Waals surface area contributed by atoms with Gasteiger partial charge in [-0.2, -0.15) is 0 Å². The fourth-order valence-electron chi connectivity index (χ4n) is 1.89. The zero-order chi connectivity index (χ0) is 14.4. The van der Waals surface area contributed by atoms with Gasteiger partial charge < -0.3 is 4.74 Å². The van der Waals surface area contributed by atoms with E-state index >= 15 is 0 Å². The first-order valence-corrected chi connectivity index (χ1v) is 6.64. The minimum atomic E-state index is -0.292. The van der Waals surface area contributed by atoms with Crippen LogP contribution in [-0.2, 0) is 6.42 Å². The Morgan fingerprint density at radius 3 is 2.80 bits per heavy atom. The molecule has 1 aromatic carbocycles. The molecule has 0 radical (unpaired) electrons. The summed E-state index contributed by atoms with van der Waals surface area (Å²) >= 11 is 0. The van der Waals surface area contributed by atoms with E-state index in [1.165, 1.54) is 12.1 Å². The lowest BCUT2D eigenvalue weighted by molar-refractivity contribution is 0.0889. The normalized spacial score (nSPS) is 10.5. The van der Waals surface area contributed by atoms with Crippen LogP contribution < -0.4 is 4.74 Å². The molecule has 0 spiro atoms. The van der Waals surface area contributed by atoms with Crippen molar-refractivity contribution in [2.24, 2.45) is 0 Å². The molecule has 0 aliphatic heterocycles. The third-order valence-electron chi connectivity index (χ3n) is 2.92. The van der Waals surface area contributed by atoms with Gasteiger partial charge in [0, 0.05) is 25.2 Å². The van der Waals surface area contributed by atoms with E-state index < -0.39 is 0 Å². The van der Waals surface area contributed by atoms with E-state index in [-0.39, 0.29) is 11.7 Å². The third-order valence-corrected chi connectivity index (χ3v) is 2.92. The molecule has 5 heteroatoms. The predicted octanol–water partition coefficient (Wildman–Crippen LogP) is 3.08. The number of rotatable bonds is 6. The summed E-state index contributed by atoms with van der Waals surface area (Å²) in [5.41, 5.74) is 0. The van der Waals surface area contributed by atoms with Crippen LogP contribution in [-0.4, -0.2) is 22.1 Å². The summed E-state index contributed by atoms with van der Waals surface area (Å²) in [4.78, 5) is 16.1. The van der Waals surface area contributed by atoms with Crippen molar-refractivity contribution < 1.29 is 13.9 Å². The first kappa shape index (κ1) is 14.2. The molecule has 106 valence electrons. The number of halogens is 1. The van der Waals surface area contributed by atoms with Gasteiger partial charge in [-0.05, 0) is 30.7 Å². The van der Waals surface area contributed by atoms with Crippen LogP contribution in [0.3, 0.4) is 0 Å². The maximum atomic E-state index is 12.7. The van der Waals surface area contributed by atoms with Gasteiger partial charge in [0.25, 0.3) is 0 Å². The first-order valence-electron chi connectivity index (χ1n) is 6.64. The number of carbonyl (C=O) groups is 1. The number of ether oxygens (including phenoxy) is 1. The van der Waals surface area contributed by atoms with Crippen LogP contribution in [0.2, 0.25) is 0 Å². The minimum absolute atomic E-state index is 0.0158. The number of hydrogen-bond donors (Lipinski definition) is 0. The molecular weight excluding hydrogens is 259 g/mol. The number of benzene rings is 1. The van der Waals surface area contributed by atoms with Gasteiger partial charge in [-0.3, -0.25) is 9.36 Å². The molecule has 2 rings (SSSR count). The highest BCUT2D eigenvalue weighted by molar-refractivity contribution is 5.79. The molecular formula is C15H17FN2O2. The van der Waals surface area contributed by atoms with E-state index in [2.05, 4.69) is 4.98 Å². The molecule has 0 saturated heterocycles. The molecule has 0 saturated carbocycles. The van der Waals surface area contributed by atoms with Crippen molar-refractivity contribution in [2.45, 2.75) is 26.2 Å². The Kier molecular flexibility index (Phi) is 4.87. The molecule has 0 bridgehead atoms. The zero-order valence-electron chi connectivity index (χ0n) is 11.4. The van der Waals surface area contributed by atoms with Crippen molar-refractivity contribution in [2.75, 3.05) is 6.61 Å². The highest BCUT2D eigenvalue weighted by Gasteiger charge is 2.08. The quantitative estimate of drug-likeness (QED) is 0.761. The van der Waals surface area contributed by atoms with Gasteiger partial charge >= 0.3 is 0 Å². The molecule has 4 nitrogen and oxygen atoms in total. The van der Waals surface area contributed by atoms with Crippen molar-refractivity contribution in [1.29, 1.82) is 0 Å². The third kappa shape index (κ3) is 3.66. The van der Waals surface area contributed by atoms with Crippen LogP contribution >= 0.6 is 0 Å². The van der Waals surface area contributed by atoms with Crippen LogP contribution in [0, 0.1) is 5.82 Å². The fraction of sp³-hybridized carbons (Fsp3) is 0.333. The number of carbonyl (C=O) groups excluding carboxylic acids is 1. The van der Waals surface area contributed by atoms with Crippen molar-refractivity contribution in [3.63, 3.8) is 0 Å². The van der Waals surface area contributed by atoms with Crippen molar-refractivity contribution >= 4 is 5.91 Å². The van der Waals surface area contributed by atoms with Crippen LogP contribution in [0.5, 0.6) is 5.75 Å². The Labute approximate surface area is 117 Å². The van der Waals surface area contributed by atoms with E-state index in [9.17, 15) is 9.18 Å². The second kappa shape index (κ2) is 6.84. The molecule has 2 aromatic rings. The molecule has 20 heavy (non-hydrogen) atoms. The van der Waals surface area contributed by atoms with Gasteiger partial charge in [-0.15, -0.1) is 0 Å². The molecule has 0 amide bonds. The molecule has 0 fully saturated rings. The second-order valence-corrected chi connectivity index (χ2v) is 4.37. The average molecular weight is 276 g/mol. The topological polar surface area (TPSA) is 44.1 Å². The molecule has 0 aliphatic rings. The van der Waals surface area contributed by atoms with E-state index in [4.69, 9.17) is 4.74 Å². The van der Waals surface area contributed by atoms with Gasteiger partial charge in [0.2, 0.25) is 5.91 Å². The van der Waals surface area contributed by atoms with E-state index in [0.717, 1.165) is 12.2 Å². The summed E-state index contributed by atoms with van der Waals surface area (Å²) in [6.45, 7) is 2.39. The molecule has 0 aliphatic carbocycles. The number of aryl methyl sites for hydroxylation is 1. The number of imidazole rings is 1. The molecule has 0 unspecified atom stereocenters. The van der Waals surface area contributed by atoms with Crippen LogP contribution in [0.4, 0.5) is 4.39 Å². The number of nitrogens with zero attached hydrogens (tertiary/aromatic N) is 2. The highest BCUT2D eigenvalue weighted by Crippen LogP contribution is 2.11. The van der Waals surface area contributed by atoms with E-state index in [0.29, 0.717) is 25.2 Å². The smallest absolute Gasteiger partial charge is 0.232 e. The SMILES string of the molecule is CCc1nccn1C(=O)CCCOc1ccc(F)cc1. The van der Waals surface area contributed by atoms with Gasteiger partial charge in [-0.25, -0.2) is 9.37 Å². The summed E-state index contributed by atoms with van der Waals surface area (Å²) in [5, 5.41) is 0. The van der Waals surface area contributed by atoms with Gasteiger partial charge in [-0.1, -0.05) is 6.92 Å². The molecule has 1 heterocycles. The van der Waals surface area contributed by atoms with Gasteiger partial charge in [0.15, 0.2) is 0 Å². The maximum absolute atomic E-state index is 12.7. The molecule has 0 N–H and O–H groups in total. The summed E-state index contributed by atoms with van der Waals surface area (Å²) in [7, 11) is 0. The number of hydrogen-bond acceptors (Lipinski definition) is 3. The largest absolute Gasteiger partial charge is 0.494 e. The number of aromatic nitrogens is 2. The average Bonchev–Trinajstić information content (AvgIpc) is 2.94. The Bertz CT molecular complexity index is 564. The van der Waals surface area contributed by atoms with Crippen LogP contribution in [0.15, 0.2) is 36.7 Å². The van der Waals surface area contributed by atoms with Crippen LogP contribution in [0.1, 0.15) is 30.4 Å². The second-order valence-electron chi connectivity index (χ2n) is 4.37. The monoisotopic (exact) mass is 276 g/mol. The predicted molar refractivity (Wildman–Crippen MR) is 73.4 cm³/mol. The van der Waals surface area contributed by atoms with E-state index in [1.807, 2.05) is 6.92 Å². The summed E-state index contributed by atoms with van der Waals surface area (Å²) in [5.74, 6) is 1.10. The summed E-state index contributed by atoms with van der Waals surface area (Å²) < 4.78 is 19.7. The van der Waals surface area contributed by atoms with Gasteiger partial charge in [0.05, 0.1) is 6.61 Å². The minimum Gasteiger partial charge on any atom is -0.494 e. The Morgan fingerprint density at radius 1 is 1.35 bits per heavy atom. The summed E-state index contributed by atoms with van der Waals surface area (Å²) in [6.07, 6.45) is 5.04.